The number of para-hydroxylation sites is 1. The van der Waals surface area contributed by atoms with E-state index in [9.17, 15) is 4.79 Å². The molecule has 1 aromatic heterocycles. The molecule has 0 bridgehead atoms. The zero-order valence-corrected chi connectivity index (χ0v) is 19.7. The van der Waals surface area contributed by atoms with Gasteiger partial charge in [-0.25, -0.2) is 4.98 Å². The second kappa shape index (κ2) is 10.3. The molecule has 7 heteroatoms. The Balaban J connectivity index is 1.56. The molecule has 0 atom stereocenters. The first kappa shape index (κ1) is 22.5. The Morgan fingerprint density at radius 2 is 1.72 bits per heavy atom. The van der Waals surface area contributed by atoms with Crippen molar-refractivity contribution >= 4 is 40.9 Å². The Hall–Kier alpha value is -2.73. The van der Waals surface area contributed by atoms with Crippen LogP contribution >= 0.6 is 35.0 Å². The lowest BCUT2D eigenvalue weighted by Gasteiger charge is -2.14. The smallest absolute Gasteiger partial charge is 0.230 e. The number of amides is 1. The van der Waals surface area contributed by atoms with Gasteiger partial charge in [0.15, 0.2) is 5.16 Å². The van der Waals surface area contributed by atoms with Gasteiger partial charge in [-0.3, -0.25) is 9.36 Å². The van der Waals surface area contributed by atoms with Gasteiger partial charge in [-0.2, -0.15) is 0 Å². The Labute approximate surface area is 201 Å². The number of aryl methyl sites for hydroxylation is 1. The van der Waals surface area contributed by atoms with Crippen LogP contribution in [0.2, 0.25) is 10.0 Å². The third kappa shape index (κ3) is 5.18. The Bertz CT molecular complexity index is 1240. The highest BCUT2D eigenvalue weighted by Gasteiger charge is 2.17. The number of aromatic nitrogens is 2. The Morgan fingerprint density at radius 3 is 2.47 bits per heavy atom. The van der Waals surface area contributed by atoms with Crippen LogP contribution in [0.3, 0.4) is 0 Å². The average molecular weight is 482 g/mol. The summed E-state index contributed by atoms with van der Waals surface area (Å²) in [6.07, 6.45) is 1.83. The van der Waals surface area contributed by atoms with Crippen LogP contribution in [0.4, 0.5) is 0 Å². The maximum Gasteiger partial charge on any atom is 0.230 e. The molecule has 32 heavy (non-hydrogen) atoms. The number of hydrogen-bond donors (Lipinski definition) is 1. The number of carbonyl (C=O) groups excluding carboxylic acids is 1. The molecule has 0 aliphatic heterocycles. The molecule has 0 spiro atoms. The van der Waals surface area contributed by atoms with Gasteiger partial charge in [0, 0.05) is 22.2 Å². The Kier molecular flexibility index (Phi) is 7.20. The first-order chi connectivity index (χ1) is 15.5. The quantitative estimate of drug-likeness (QED) is 0.304. The van der Waals surface area contributed by atoms with E-state index in [0.29, 0.717) is 16.6 Å². The molecule has 1 heterocycles. The topological polar surface area (TPSA) is 46.9 Å². The molecule has 0 aliphatic carbocycles. The van der Waals surface area contributed by atoms with E-state index in [1.165, 1.54) is 11.8 Å². The first-order valence-electron chi connectivity index (χ1n) is 10.1. The van der Waals surface area contributed by atoms with Crippen LogP contribution in [0.5, 0.6) is 0 Å². The van der Waals surface area contributed by atoms with Crippen molar-refractivity contribution in [2.24, 2.45) is 0 Å². The van der Waals surface area contributed by atoms with E-state index in [1.54, 1.807) is 0 Å². The molecule has 0 saturated heterocycles. The summed E-state index contributed by atoms with van der Waals surface area (Å²) in [4.78, 5) is 17.1. The summed E-state index contributed by atoms with van der Waals surface area (Å²) in [5, 5.41) is 5.00. The summed E-state index contributed by atoms with van der Waals surface area (Å²) >= 11 is 13.6. The van der Waals surface area contributed by atoms with Gasteiger partial charge in [0.2, 0.25) is 5.91 Å². The van der Waals surface area contributed by atoms with Crippen LogP contribution in [0, 0.1) is 6.92 Å². The van der Waals surface area contributed by atoms with Crippen LogP contribution in [0.25, 0.3) is 16.9 Å². The lowest BCUT2D eigenvalue weighted by atomic mass is 10.1. The summed E-state index contributed by atoms with van der Waals surface area (Å²) in [6.45, 7) is 2.45. The molecular weight excluding hydrogens is 461 g/mol. The van der Waals surface area contributed by atoms with Crippen molar-refractivity contribution in [1.82, 2.24) is 14.9 Å². The second-order valence-corrected chi connectivity index (χ2v) is 9.00. The number of imidazole rings is 1. The SMILES string of the molecule is Cc1ccccc1-n1c(-c2ccc(Cl)cc2)cnc1SCC(=O)NCc1ccccc1Cl. The number of nitrogens with zero attached hydrogens (tertiary/aromatic N) is 2. The molecule has 1 N–H and O–H groups in total. The highest BCUT2D eigenvalue weighted by Crippen LogP contribution is 2.31. The number of hydrogen-bond acceptors (Lipinski definition) is 3. The van der Waals surface area contributed by atoms with Gasteiger partial charge in [-0.1, -0.05) is 83.5 Å². The van der Waals surface area contributed by atoms with E-state index in [-0.39, 0.29) is 11.7 Å². The van der Waals surface area contributed by atoms with Crippen molar-refractivity contribution in [2.45, 2.75) is 18.6 Å². The van der Waals surface area contributed by atoms with Crippen LogP contribution in [0.15, 0.2) is 84.1 Å². The van der Waals surface area contributed by atoms with Gasteiger partial charge >= 0.3 is 0 Å². The van der Waals surface area contributed by atoms with Gasteiger partial charge in [-0.15, -0.1) is 0 Å². The van der Waals surface area contributed by atoms with E-state index in [0.717, 1.165) is 33.2 Å². The zero-order valence-electron chi connectivity index (χ0n) is 17.4. The van der Waals surface area contributed by atoms with Crippen molar-refractivity contribution in [2.75, 3.05) is 5.75 Å². The molecule has 4 nitrogen and oxygen atoms in total. The van der Waals surface area contributed by atoms with Gasteiger partial charge < -0.3 is 5.32 Å². The number of nitrogens with one attached hydrogen (secondary N) is 1. The number of carbonyl (C=O) groups is 1. The summed E-state index contributed by atoms with van der Waals surface area (Å²) in [5.41, 5.74) is 4.97. The fourth-order valence-electron chi connectivity index (χ4n) is 3.32. The maximum atomic E-state index is 12.5. The van der Waals surface area contributed by atoms with Crippen molar-refractivity contribution in [3.8, 4) is 16.9 Å². The molecule has 3 aromatic carbocycles. The first-order valence-corrected chi connectivity index (χ1v) is 11.8. The molecule has 1 amide bonds. The molecule has 162 valence electrons. The number of halogens is 2. The zero-order chi connectivity index (χ0) is 22.5. The summed E-state index contributed by atoms with van der Waals surface area (Å²) < 4.78 is 2.09. The van der Waals surface area contributed by atoms with Gasteiger partial charge in [0.1, 0.15) is 0 Å². The van der Waals surface area contributed by atoms with Crippen molar-refractivity contribution in [1.29, 1.82) is 0 Å². The monoisotopic (exact) mass is 481 g/mol. The maximum absolute atomic E-state index is 12.5. The fraction of sp³-hybridized carbons (Fsp3) is 0.120. The van der Waals surface area contributed by atoms with E-state index in [2.05, 4.69) is 33.9 Å². The lowest BCUT2D eigenvalue weighted by molar-refractivity contribution is -0.118. The highest BCUT2D eigenvalue weighted by molar-refractivity contribution is 7.99. The Morgan fingerprint density at radius 1 is 1.00 bits per heavy atom. The van der Waals surface area contributed by atoms with E-state index in [4.69, 9.17) is 23.2 Å². The molecule has 0 fully saturated rings. The van der Waals surface area contributed by atoms with Crippen LogP contribution in [-0.4, -0.2) is 21.2 Å². The minimum atomic E-state index is -0.0812. The molecule has 0 radical (unpaired) electrons. The summed E-state index contributed by atoms with van der Waals surface area (Å²) in [5.74, 6) is 0.162. The van der Waals surface area contributed by atoms with E-state index >= 15 is 0 Å². The van der Waals surface area contributed by atoms with Gasteiger partial charge in [0.25, 0.3) is 0 Å². The highest BCUT2D eigenvalue weighted by atomic mass is 35.5. The second-order valence-electron chi connectivity index (χ2n) is 7.21. The minimum Gasteiger partial charge on any atom is -0.351 e. The van der Waals surface area contributed by atoms with E-state index < -0.39 is 0 Å². The molecule has 0 aliphatic rings. The summed E-state index contributed by atoms with van der Waals surface area (Å²) in [7, 11) is 0. The van der Waals surface area contributed by atoms with Crippen molar-refractivity contribution < 1.29 is 4.79 Å². The van der Waals surface area contributed by atoms with Crippen LogP contribution in [-0.2, 0) is 11.3 Å². The molecule has 4 aromatic rings. The fourth-order valence-corrected chi connectivity index (χ4v) is 4.47. The predicted molar refractivity (Wildman–Crippen MR) is 133 cm³/mol. The minimum absolute atomic E-state index is 0.0812. The van der Waals surface area contributed by atoms with Crippen molar-refractivity contribution in [3.05, 3.63) is 100 Å². The summed E-state index contributed by atoms with van der Waals surface area (Å²) in [6, 6.07) is 23.3. The number of rotatable bonds is 7. The van der Waals surface area contributed by atoms with Gasteiger partial charge in [0.05, 0.1) is 23.3 Å². The largest absolute Gasteiger partial charge is 0.351 e. The third-order valence-electron chi connectivity index (χ3n) is 4.99. The standard InChI is InChI=1S/C25H21Cl2N3OS/c1-17-6-2-5-9-22(17)30-23(18-10-12-20(26)13-11-18)15-29-25(30)32-16-24(31)28-14-19-7-3-4-8-21(19)27/h2-13,15H,14,16H2,1H3,(H,28,31). The van der Waals surface area contributed by atoms with Crippen molar-refractivity contribution in [3.63, 3.8) is 0 Å². The number of thioether (sulfide) groups is 1. The molecule has 4 rings (SSSR count). The third-order valence-corrected chi connectivity index (χ3v) is 6.57. The average Bonchev–Trinajstić information content (AvgIpc) is 3.21. The lowest BCUT2D eigenvalue weighted by Crippen LogP contribution is -2.24. The normalized spacial score (nSPS) is 10.8. The van der Waals surface area contributed by atoms with Crippen LogP contribution < -0.4 is 5.32 Å². The predicted octanol–water partition coefficient (Wildman–Crippen LogP) is 6.56. The molecular formula is C25H21Cl2N3OS. The molecule has 0 saturated carbocycles. The molecule has 0 unspecified atom stereocenters. The van der Waals surface area contributed by atoms with Gasteiger partial charge in [-0.05, 0) is 42.3 Å². The number of benzene rings is 3. The van der Waals surface area contributed by atoms with E-state index in [1.807, 2.05) is 66.9 Å². The van der Waals surface area contributed by atoms with Crippen LogP contribution in [0.1, 0.15) is 11.1 Å².